The molecule has 0 aromatic heterocycles. The summed E-state index contributed by atoms with van der Waals surface area (Å²) >= 11 is 0. The summed E-state index contributed by atoms with van der Waals surface area (Å²) in [6.07, 6.45) is 2.27. The van der Waals surface area contributed by atoms with Gasteiger partial charge in [0.05, 0.1) is 17.0 Å². The van der Waals surface area contributed by atoms with Crippen LogP contribution in [0.25, 0.3) is 0 Å². The van der Waals surface area contributed by atoms with Crippen LogP contribution in [0.15, 0.2) is 0 Å². The number of carbonyl (C=O) groups is 2. The minimum atomic E-state index is -3.13. The molecule has 2 amide bonds. The Labute approximate surface area is 126 Å². The summed E-state index contributed by atoms with van der Waals surface area (Å²) in [6.45, 7) is 5.59. The zero-order valence-corrected chi connectivity index (χ0v) is 13.7. The first kappa shape index (κ1) is 16.3. The first-order valence-corrected chi connectivity index (χ1v) is 9.40. The van der Waals surface area contributed by atoms with Gasteiger partial charge in [0.15, 0.2) is 9.84 Å². The van der Waals surface area contributed by atoms with Crippen LogP contribution in [0.2, 0.25) is 0 Å². The molecule has 0 bridgehead atoms. The molecule has 0 saturated carbocycles. The monoisotopic (exact) mass is 316 g/mol. The van der Waals surface area contributed by atoms with Crippen LogP contribution < -0.4 is 5.32 Å². The van der Waals surface area contributed by atoms with E-state index in [0.717, 1.165) is 6.42 Å². The number of amides is 2. The van der Waals surface area contributed by atoms with E-state index in [2.05, 4.69) is 5.32 Å². The van der Waals surface area contributed by atoms with Gasteiger partial charge in [0.25, 0.3) is 0 Å². The fourth-order valence-corrected chi connectivity index (χ4v) is 5.57. The topological polar surface area (TPSA) is 83.6 Å². The van der Waals surface area contributed by atoms with E-state index in [1.54, 1.807) is 11.8 Å². The van der Waals surface area contributed by atoms with Crippen molar-refractivity contribution in [3.8, 4) is 0 Å². The van der Waals surface area contributed by atoms with Crippen molar-refractivity contribution in [3.05, 3.63) is 0 Å². The average Bonchev–Trinajstić information content (AvgIpc) is 2.68. The second kappa shape index (κ2) is 5.59. The van der Waals surface area contributed by atoms with Gasteiger partial charge in [0.1, 0.15) is 12.1 Å². The molecule has 0 aromatic rings. The summed E-state index contributed by atoms with van der Waals surface area (Å²) in [5.74, 6) is -0.262. The van der Waals surface area contributed by atoms with E-state index in [9.17, 15) is 18.0 Å². The molecule has 1 N–H and O–H groups in total. The first-order valence-electron chi connectivity index (χ1n) is 7.58. The van der Waals surface area contributed by atoms with Crippen molar-refractivity contribution in [2.45, 2.75) is 64.1 Å². The third-order valence-corrected chi connectivity index (χ3v) is 6.38. The van der Waals surface area contributed by atoms with E-state index in [-0.39, 0.29) is 23.3 Å². The summed E-state index contributed by atoms with van der Waals surface area (Å²) in [6, 6.07) is -1.09. The Morgan fingerprint density at radius 3 is 2.48 bits per heavy atom. The van der Waals surface area contributed by atoms with Crippen LogP contribution in [-0.2, 0) is 19.4 Å². The molecule has 2 aliphatic rings. The molecule has 6 nitrogen and oxygen atoms in total. The molecule has 3 unspecified atom stereocenters. The van der Waals surface area contributed by atoms with E-state index in [0.29, 0.717) is 19.3 Å². The van der Waals surface area contributed by atoms with Crippen molar-refractivity contribution in [1.29, 1.82) is 0 Å². The van der Waals surface area contributed by atoms with E-state index in [1.807, 2.05) is 13.8 Å². The molecule has 120 valence electrons. The van der Waals surface area contributed by atoms with Crippen LogP contribution >= 0.6 is 0 Å². The lowest BCUT2D eigenvalue weighted by Crippen LogP contribution is -2.69. The van der Waals surface area contributed by atoms with Gasteiger partial charge in [0.2, 0.25) is 11.8 Å². The van der Waals surface area contributed by atoms with Gasteiger partial charge in [-0.1, -0.05) is 20.3 Å². The molecule has 7 heteroatoms. The van der Waals surface area contributed by atoms with E-state index < -0.39 is 27.5 Å². The van der Waals surface area contributed by atoms with Crippen molar-refractivity contribution in [3.63, 3.8) is 0 Å². The van der Waals surface area contributed by atoms with Crippen LogP contribution in [-0.4, -0.2) is 54.3 Å². The van der Waals surface area contributed by atoms with Crippen molar-refractivity contribution in [1.82, 2.24) is 10.2 Å². The summed E-state index contributed by atoms with van der Waals surface area (Å²) in [5.41, 5.74) is -0.764. The molecular formula is C14H24N2O4S. The number of nitrogens with zero attached hydrogens (tertiary/aromatic N) is 1. The SMILES string of the molecule is CCCC1NC(=O)C(CC)N(C2(C)CCS(=O)(=O)C2)C1=O. The average molecular weight is 316 g/mol. The number of carbonyl (C=O) groups excluding carboxylic acids is 2. The quantitative estimate of drug-likeness (QED) is 0.817. The predicted octanol–water partition coefficient (Wildman–Crippen LogP) is 0.469. The van der Waals surface area contributed by atoms with E-state index in [4.69, 9.17) is 0 Å². The second-order valence-electron chi connectivity index (χ2n) is 6.32. The van der Waals surface area contributed by atoms with Gasteiger partial charge in [-0.25, -0.2) is 8.42 Å². The maximum atomic E-state index is 12.7. The Balaban J connectivity index is 2.36. The second-order valence-corrected chi connectivity index (χ2v) is 8.51. The highest BCUT2D eigenvalue weighted by molar-refractivity contribution is 7.91. The smallest absolute Gasteiger partial charge is 0.246 e. The Hall–Kier alpha value is -1.11. The third-order valence-electron chi connectivity index (χ3n) is 4.49. The number of rotatable bonds is 4. The minimum Gasteiger partial charge on any atom is -0.343 e. The highest BCUT2D eigenvalue weighted by Crippen LogP contribution is 2.34. The third kappa shape index (κ3) is 2.93. The fraction of sp³-hybridized carbons (Fsp3) is 0.857. The fourth-order valence-electron chi connectivity index (χ4n) is 3.45. The molecule has 0 spiro atoms. The van der Waals surface area contributed by atoms with Gasteiger partial charge in [0, 0.05) is 0 Å². The Morgan fingerprint density at radius 2 is 2.00 bits per heavy atom. The zero-order valence-electron chi connectivity index (χ0n) is 12.9. The number of nitrogens with one attached hydrogen (secondary N) is 1. The normalized spacial score (nSPS) is 35.9. The first-order chi connectivity index (χ1) is 9.74. The van der Waals surface area contributed by atoms with E-state index >= 15 is 0 Å². The maximum Gasteiger partial charge on any atom is 0.246 e. The van der Waals surface area contributed by atoms with Crippen molar-refractivity contribution >= 4 is 21.7 Å². The van der Waals surface area contributed by atoms with Gasteiger partial charge in [-0.3, -0.25) is 9.59 Å². The summed E-state index contributed by atoms with van der Waals surface area (Å²) in [7, 11) is -3.13. The maximum absolute atomic E-state index is 12.7. The lowest BCUT2D eigenvalue weighted by Gasteiger charge is -2.47. The molecule has 2 rings (SSSR count). The van der Waals surface area contributed by atoms with Crippen LogP contribution in [0.5, 0.6) is 0 Å². The van der Waals surface area contributed by atoms with Crippen LogP contribution in [0, 0.1) is 0 Å². The molecule has 2 saturated heterocycles. The lowest BCUT2D eigenvalue weighted by atomic mass is 9.91. The molecule has 21 heavy (non-hydrogen) atoms. The Morgan fingerprint density at radius 1 is 1.33 bits per heavy atom. The molecule has 0 aliphatic carbocycles. The molecule has 0 aromatic carbocycles. The van der Waals surface area contributed by atoms with Gasteiger partial charge < -0.3 is 10.2 Å². The van der Waals surface area contributed by atoms with Crippen LogP contribution in [0.3, 0.4) is 0 Å². The molecule has 2 aliphatic heterocycles. The number of hydrogen-bond donors (Lipinski definition) is 1. The Kier molecular flexibility index (Phi) is 4.33. The summed E-state index contributed by atoms with van der Waals surface area (Å²) < 4.78 is 23.7. The van der Waals surface area contributed by atoms with E-state index in [1.165, 1.54) is 0 Å². The highest BCUT2D eigenvalue weighted by atomic mass is 32.2. The molecule has 0 radical (unpaired) electrons. The molecular weight excluding hydrogens is 292 g/mol. The summed E-state index contributed by atoms with van der Waals surface area (Å²) in [4.78, 5) is 26.6. The zero-order chi connectivity index (χ0) is 15.8. The summed E-state index contributed by atoms with van der Waals surface area (Å²) in [5, 5.41) is 2.78. The lowest BCUT2D eigenvalue weighted by molar-refractivity contribution is -0.156. The predicted molar refractivity (Wildman–Crippen MR) is 79.4 cm³/mol. The molecule has 3 atom stereocenters. The highest BCUT2D eigenvalue weighted by Gasteiger charge is 2.52. The molecule has 2 heterocycles. The number of piperazine rings is 1. The van der Waals surface area contributed by atoms with Crippen molar-refractivity contribution in [2.24, 2.45) is 0 Å². The van der Waals surface area contributed by atoms with Gasteiger partial charge >= 0.3 is 0 Å². The minimum absolute atomic E-state index is 0.0473. The number of hydrogen-bond acceptors (Lipinski definition) is 4. The largest absolute Gasteiger partial charge is 0.343 e. The van der Waals surface area contributed by atoms with Crippen molar-refractivity contribution in [2.75, 3.05) is 11.5 Å². The van der Waals surface area contributed by atoms with Crippen LogP contribution in [0.4, 0.5) is 0 Å². The standard InChI is InChI=1S/C14H24N2O4S/c1-4-6-10-13(18)16(11(5-2)12(17)15-10)14(3)7-8-21(19,20)9-14/h10-11H,4-9H2,1-3H3,(H,15,17). The number of sulfone groups is 1. The van der Waals surface area contributed by atoms with Gasteiger partial charge in [-0.15, -0.1) is 0 Å². The van der Waals surface area contributed by atoms with Crippen molar-refractivity contribution < 1.29 is 18.0 Å². The van der Waals surface area contributed by atoms with Gasteiger partial charge in [-0.05, 0) is 26.2 Å². The Bertz CT molecular complexity index is 545. The van der Waals surface area contributed by atoms with Crippen LogP contribution in [0.1, 0.15) is 46.5 Å². The van der Waals surface area contributed by atoms with Gasteiger partial charge in [-0.2, -0.15) is 0 Å². The molecule has 2 fully saturated rings.